The zero-order valence-corrected chi connectivity index (χ0v) is 74.3. The summed E-state index contributed by atoms with van der Waals surface area (Å²) in [7, 11) is 0. The van der Waals surface area contributed by atoms with Gasteiger partial charge in [0.1, 0.15) is 24.2 Å². The van der Waals surface area contributed by atoms with E-state index in [0.717, 1.165) is 61.2 Å². The Kier molecular flexibility index (Phi) is 38.5. The van der Waals surface area contributed by atoms with Crippen molar-refractivity contribution in [3.63, 3.8) is 0 Å². The standard InChI is InChI=1S/C37H46N2O6.C34H43N3O6.C29H37NO6.2CH4/c1-24-22-25(20-21-28(24)26-15-9-7-10-16-26)14-13-19-29(31-35(43)45-37(5,6)44-31)33(41)39-32(36(2,3)4)34(42)38-30(23-40)27-17-11-8-12-18-27;1-22-20-23(18-19-26(22)24-13-7-5-8-14-24)12-11-17-27(29(39)32(41)37-43)31(40)36-30(34(2,3)4)33(42)35-28(21-38)25-15-9-6-10-16-25;1-18-17-19(15-16-21(18)20-12-8-7-9-13-20)11-10-14-22(23-27(34)36-29(5,6)35-23)25(31)30-24(26(32)33)28(2,3)4;;/h7-12,15-18,20-22,29-32,40H,13-14,19,23H2,1-6H3,(H,38,42)(H,39,41);5-10,13-16,18-20,27-30,38-39,43H,11-12,17,21H2,1-4H3,(H,35,42)(H,36,40)(H,37,41);7-9,12-13,15-17,22-24H,10-11,14H2,1-6H3,(H,30,31)(H,32,33);2*1H4/t29-,30-,31+,32-;27-,28-,29?,30-;22-,23+,24-;;/m111../s1. The number of aliphatic hydroxyl groups is 3. The molecule has 2 heterocycles. The number of benzene rings is 8. The predicted molar refractivity (Wildman–Crippen MR) is 489 cm³/mol. The van der Waals surface area contributed by atoms with E-state index in [4.69, 9.17) is 24.2 Å². The number of aliphatic carboxylic acids is 1. The number of hydrogen-bond donors (Lipinski definition) is 11. The molecule has 11 atom stereocenters. The van der Waals surface area contributed by atoms with E-state index in [0.29, 0.717) is 56.9 Å². The molecular formula is C102H134N6O18. The highest BCUT2D eigenvalue weighted by Crippen LogP contribution is 2.36. The molecule has 0 aromatic heterocycles. The average molecular weight is 1730 g/mol. The molecule has 0 radical (unpaired) electrons. The van der Waals surface area contributed by atoms with Gasteiger partial charge in [0.15, 0.2) is 12.2 Å². The van der Waals surface area contributed by atoms with Crippen LogP contribution in [0.15, 0.2) is 206 Å². The van der Waals surface area contributed by atoms with Crippen LogP contribution in [0, 0.1) is 54.8 Å². The molecule has 6 amide bonds. The molecule has 24 heteroatoms. The Hall–Kier alpha value is -11.3. The smallest absolute Gasteiger partial charge is 0.338 e. The minimum atomic E-state index is -1.83. The van der Waals surface area contributed by atoms with Crippen molar-refractivity contribution in [3.8, 4) is 33.4 Å². The van der Waals surface area contributed by atoms with Crippen LogP contribution in [0.4, 0.5) is 0 Å². The van der Waals surface area contributed by atoms with Crippen molar-refractivity contribution < 1.29 is 87.7 Å². The summed E-state index contributed by atoms with van der Waals surface area (Å²) in [4.78, 5) is 117. The molecule has 2 fully saturated rings. The topological polar surface area (TPSA) is 364 Å². The molecule has 11 N–H and O–H groups in total. The summed E-state index contributed by atoms with van der Waals surface area (Å²) in [5.74, 6) is -11.3. The minimum absolute atomic E-state index is 0. The number of aliphatic hydroxyl groups excluding tert-OH is 3. The molecule has 2 aliphatic heterocycles. The van der Waals surface area contributed by atoms with Gasteiger partial charge < -0.3 is 66.0 Å². The lowest BCUT2D eigenvalue weighted by Crippen LogP contribution is -2.57. The number of hydrogen-bond acceptors (Lipinski definition) is 17. The number of carbonyl (C=O) groups is 9. The molecule has 0 spiro atoms. The molecule has 0 aliphatic carbocycles. The van der Waals surface area contributed by atoms with E-state index in [9.17, 15) is 63.6 Å². The Morgan fingerprint density at radius 1 is 0.397 bits per heavy atom. The van der Waals surface area contributed by atoms with Crippen LogP contribution in [0.2, 0.25) is 0 Å². The number of rotatable bonds is 34. The Balaban J connectivity index is 0.000000291. The fourth-order valence-corrected chi connectivity index (χ4v) is 15.5. The maximum atomic E-state index is 13.9. The van der Waals surface area contributed by atoms with E-state index in [1.807, 2.05) is 125 Å². The molecule has 2 aliphatic rings. The Morgan fingerprint density at radius 3 is 0.960 bits per heavy atom. The lowest BCUT2D eigenvalue weighted by atomic mass is 9.84. The van der Waals surface area contributed by atoms with Gasteiger partial charge in [0, 0.05) is 27.7 Å². The van der Waals surface area contributed by atoms with Gasteiger partial charge in [-0.05, 0) is 173 Å². The number of cyclic esters (lactones) is 2. The third-order valence-corrected chi connectivity index (χ3v) is 22.2. The minimum Gasteiger partial charge on any atom is -0.480 e. The van der Waals surface area contributed by atoms with Gasteiger partial charge >= 0.3 is 17.9 Å². The highest BCUT2D eigenvalue weighted by atomic mass is 16.8. The van der Waals surface area contributed by atoms with Crippen LogP contribution in [-0.4, -0.2) is 140 Å². The second-order valence-corrected chi connectivity index (χ2v) is 36.3. The molecule has 0 bridgehead atoms. The number of nitrogens with one attached hydrogen (secondary N) is 6. The number of aryl methyl sites for hydroxylation is 6. The molecule has 0 saturated carbocycles. The molecule has 8 aromatic carbocycles. The molecule has 126 heavy (non-hydrogen) atoms. The second-order valence-electron chi connectivity index (χ2n) is 36.3. The second kappa shape index (κ2) is 46.8. The summed E-state index contributed by atoms with van der Waals surface area (Å²) < 4.78 is 22.4. The predicted octanol–water partition coefficient (Wildman–Crippen LogP) is 15.7. The van der Waals surface area contributed by atoms with Crippen LogP contribution in [-0.2, 0) is 81.4 Å². The van der Waals surface area contributed by atoms with Gasteiger partial charge in [-0.25, -0.2) is 19.9 Å². The molecule has 680 valence electrons. The fourth-order valence-electron chi connectivity index (χ4n) is 15.5. The first-order valence-corrected chi connectivity index (χ1v) is 42.5. The maximum absolute atomic E-state index is 13.9. The number of amides is 6. The molecule has 24 nitrogen and oxygen atoms in total. The highest BCUT2D eigenvalue weighted by molar-refractivity contribution is 5.94. The molecular weight excluding hydrogens is 1600 g/mol. The van der Waals surface area contributed by atoms with E-state index in [-0.39, 0.29) is 34.5 Å². The van der Waals surface area contributed by atoms with Gasteiger partial charge in [0.05, 0.1) is 43.1 Å². The maximum Gasteiger partial charge on any atom is 0.338 e. The first-order chi connectivity index (χ1) is 58.5. The molecule has 8 aromatic rings. The monoisotopic (exact) mass is 1730 g/mol. The van der Waals surface area contributed by atoms with Gasteiger partial charge in [-0.3, -0.25) is 34.0 Å². The summed E-state index contributed by atoms with van der Waals surface area (Å²) in [6.45, 7) is 28.2. The number of esters is 2. The number of ether oxygens (including phenoxy) is 4. The highest BCUT2D eigenvalue weighted by Gasteiger charge is 2.51. The summed E-state index contributed by atoms with van der Waals surface area (Å²) in [6.07, 6.45) is 0.489. The van der Waals surface area contributed by atoms with Gasteiger partial charge in [-0.2, -0.15) is 0 Å². The number of carboxylic acids is 1. The van der Waals surface area contributed by atoms with Gasteiger partial charge in [-0.15, -0.1) is 0 Å². The Morgan fingerprint density at radius 2 is 0.690 bits per heavy atom. The van der Waals surface area contributed by atoms with Crippen LogP contribution < -0.4 is 32.1 Å². The quantitative estimate of drug-likeness (QED) is 0.0101. The SMILES string of the molecule is C.C.Cc1cc(CCC[C@@H](C(=O)N[C@H](C(=O)N[C@H](CO)c2ccccc2)C(C)(C)C)C(O)C(=O)NO)ccc1-c1ccccc1.Cc1cc(CCC[C@@H](C(=O)N[C@H](C(=O)N[C@H](CO)c2ccccc2)C(C)(C)C)[C@@H]2OC(C)(C)OC2=O)ccc1-c1ccccc1.Cc1cc(CCC[C@@H](C(=O)N[C@H](C(=O)O)C(C)(C)C)[C@@H]2OC(C)(C)OC2=O)ccc1-c1ccccc1. The van der Waals surface area contributed by atoms with Crippen molar-refractivity contribution in [2.24, 2.45) is 34.0 Å². The average Bonchev–Trinajstić information content (AvgIpc) is 1.70. The van der Waals surface area contributed by atoms with Gasteiger partial charge in [0.2, 0.25) is 41.1 Å². The first-order valence-electron chi connectivity index (χ1n) is 42.5. The summed E-state index contributed by atoms with van der Waals surface area (Å²) in [6, 6.07) is 63.0. The fraction of sp³-hybridized carbons (Fsp3) is 0.441. The van der Waals surface area contributed by atoms with Crippen molar-refractivity contribution >= 4 is 53.4 Å². The van der Waals surface area contributed by atoms with Crippen molar-refractivity contribution in [2.75, 3.05) is 13.2 Å². The number of carbonyl (C=O) groups excluding carboxylic acids is 8. The summed E-state index contributed by atoms with van der Waals surface area (Å²) in [5, 5.41) is 63.4. The number of hydroxylamine groups is 1. The Labute approximate surface area is 744 Å². The summed E-state index contributed by atoms with van der Waals surface area (Å²) >= 11 is 0. The van der Waals surface area contributed by atoms with Crippen molar-refractivity contribution in [3.05, 3.63) is 251 Å². The van der Waals surface area contributed by atoms with Crippen LogP contribution in [0.3, 0.4) is 0 Å². The zero-order chi connectivity index (χ0) is 91.0. The molecule has 10 rings (SSSR count). The van der Waals surface area contributed by atoms with E-state index in [1.54, 1.807) is 93.5 Å². The van der Waals surface area contributed by atoms with Crippen LogP contribution in [0.25, 0.3) is 33.4 Å². The van der Waals surface area contributed by atoms with Gasteiger partial charge in [-0.1, -0.05) is 283 Å². The third-order valence-electron chi connectivity index (χ3n) is 22.2. The van der Waals surface area contributed by atoms with E-state index < -0.39 is 147 Å². The van der Waals surface area contributed by atoms with E-state index in [2.05, 4.69) is 125 Å². The molecule has 2 saturated heterocycles. The van der Waals surface area contributed by atoms with Crippen LogP contribution in [0.1, 0.15) is 200 Å². The van der Waals surface area contributed by atoms with Crippen molar-refractivity contribution in [1.82, 2.24) is 32.1 Å². The zero-order valence-electron chi connectivity index (χ0n) is 74.3. The van der Waals surface area contributed by atoms with Crippen molar-refractivity contribution in [2.45, 2.75) is 244 Å². The summed E-state index contributed by atoms with van der Waals surface area (Å²) in [5.41, 5.74) is 14.4. The lowest BCUT2D eigenvalue weighted by Gasteiger charge is -2.33. The van der Waals surface area contributed by atoms with E-state index in [1.165, 1.54) is 16.6 Å². The Bertz CT molecular complexity index is 4890. The van der Waals surface area contributed by atoms with E-state index >= 15 is 0 Å². The number of carboxylic acid groups (broad SMARTS) is 1. The van der Waals surface area contributed by atoms with Crippen LogP contribution >= 0.6 is 0 Å². The largest absolute Gasteiger partial charge is 0.480 e. The first kappa shape index (κ1) is 104. The van der Waals surface area contributed by atoms with Crippen molar-refractivity contribution in [1.29, 1.82) is 0 Å². The normalized spacial score (nSPS) is 16.7. The third kappa shape index (κ3) is 29.7. The molecule has 1 unspecified atom stereocenters. The van der Waals surface area contributed by atoms with Crippen LogP contribution in [0.5, 0.6) is 0 Å². The van der Waals surface area contributed by atoms with Gasteiger partial charge in [0.25, 0.3) is 5.91 Å². The lowest BCUT2D eigenvalue weighted by molar-refractivity contribution is -0.164.